The zero-order valence-electron chi connectivity index (χ0n) is 13.8. The number of halogens is 1. The fraction of sp³-hybridized carbons (Fsp3) is 0.105. The molecular weight excluding hydrogens is 352 g/mol. The van der Waals surface area contributed by atoms with Gasteiger partial charge in [-0.2, -0.15) is 10.2 Å². The van der Waals surface area contributed by atoms with Crippen LogP contribution in [-0.4, -0.2) is 21.0 Å². The van der Waals surface area contributed by atoms with E-state index < -0.39 is 5.56 Å². The van der Waals surface area contributed by atoms with Gasteiger partial charge < -0.3 is 5.11 Å². The largest absolute Gasteiger partial charge is 0.507 e. The Bertz CT molecular complexity index is 971. The Hall–Kier alpha value is -3.12. The van der Waals surface area contributed by atoms with Gasteiger partial charge in [0.15, 0.2) is 0 Å². The van der Waals surface area contributed by atoms with Gasteiger partial charge in [0.2, 0.25) is 0 Å². The summed E-state index contributed by atoms with van der Waals surface area (Å²) < 4.78 is 0. The normalized spacial score (nSPS) is 11.3. The fourth-order valence-electron chi connectivity index (χ4n) is 2.47. The molecule has 0 aliphatic carbocycles. The molecule has 26 heavy (non-hydrogen) atoms. The summed E-state index contributed by atoms with van der Waals surface area (Å²) in [6, 6.07) is 17.0. The lowest BCUT2D eigenvalue weighted by Crippen LogP contribution is -2.12. The molecule has 3 aromatic rings. The third-order valence-electron chi connectivity index (χ3n) is 3.82. The van der Waals surface area contributed by atoms with Crippen molar-refractivity contribution in [1.29, 1.82) is 0 Å². The van der Waals surface area contributed by atoms with Gasteiger partial charge in [-0.05, 0) is 30.5 Å². The summed E-state index contributed by atoms with van der Waals surface area (Å²) in [5.74, 6) is 0.135. The quantitative estimate of drug-likeness (QED) is 0.458. The number of aryl methyl sites for hydroxylation is 1. The lowest BCUT2D eigenvalue weighted by Gasteiger charge is -2.10. The van der Waals surface area contributed by atoms with Gasteiger partial charge in [-0.3, -0.25) is 10.2 Å². The minimum absolute atomic E-state index is 0.0246. The average molecular weight is 369 g/mol. The van der Waals surface area contributed by atoms with Crippen LogP contribution in [0, 0.1) is 0 Å². The van der Waals surface area contributed by atoms with Crippen molar-refractivity contribution < 1.29 is 5.11 Å². The second kappa shape index (κ2) is 8.31. The smallest absolute Gasteiger partial charge is 0.285 e. The molecule has 1 heterocycles. The number of hydrazone groups is 1. The van der Waals surface area contributed by atoms with E-state index in [0.717, 1.165) is 12.0 Å². The molecule has 0 atom stereocenters. The molecule has 7 heteroatoms. The summed E-state index contributed by atoms with van der Waals surface area (Å²) in [5, 5.41) is 20.5. The highest BCUT2D eigenvalue weighted by atomic mass is 35.5. The SMILES string of the molecule is O=c1[nH]ncc(N/N=C(\CCc2ccccc2)c2ccccc2O)c1Cl. The first-order valence-corrected chi connectivity index (χ1v) is 8.41. The number of para-hydroxylation sites is 1. The summed E-state index contributed by atoms with van der Waals surface area (Å²) in [4.78, 5) is 11.5. The highest BCUT2D eigenvalue weighted by Crippen LogP contribution is 2.21. The highest BCUT2D eigenvalue weighted by Gasteiger charge is 2.10. The highest BCUT2D eigenvalue weighted by molar-refractivity contribution is 6.32. The first-order chi connectivity index (χ1) is 12.6. The number of H-pyrrole nitrogens is 1. The summed E-state index contributed by atoms with van der Waals surface area (Å²) in [6.45, 7) is 0. The minimum Gasteiger partial charge on any atom is -0.507 e. The van der Waals surface area contributed by atoms with Crippen LogP contribution in [0.3, 0.4) is 0 Å². The maximum Gasteiger partial charge on any atom is 0.285 e. The lowest BCUT2D eigenvalue weighted by atomic mass is 10.0. The van der Waals surface area contributed by atoms with E-state index in [0.29, 0.717) is 23.4 Å². The molecule has 6 nitrogen and oxygen atoms in total. The number of hydrogen-bond donors (Lipinski definition) is 3. The van der Waals surface area contributed by atoms with Gasteiger partial charge in [0.05, 0.1) is 11.9 Å². The molecular formula is C19H17ClN4O2. The molecule has 132 valence electrons. The molecule has 3 N–H and O–H groups in total. The van der Waals surface area contributed by atoms with Crippen LogP contribution in [0.5, 0.6) is 5.75 Å². The van der Waals surface area contributed by atoms with Crippen LogP contribution in [0.4, 0.5) is 5.69 Å². The second-order valence-electron chi connectivity index (χ2n) is 5.60. The van der Waals surface area contributed by atoms with Crippen LogP contribution in [0.1, 0.15) is 17.5 Å². The van der Waals surface area contributed by atoms with Crippen LogP contribution in [0.25, 0.3) is 0 Å². The number of anilines is 1. The van der Waals surface area contributed by atoms with E-state index in [2.05, 4.69) is 20.7 Å². The number of phenolic OH excluding ortho intramolecular Hbond substituents is 1. The third-order valence-corrected chi connectivity index (χ3v) is 4.19. The summed E-state index contributed by atoms with van der Waals surface area (Å²) >= 11 is 5.96. The molecule has 0 radical (unpaired) electrons. The number of aromatic hydroxyl groups is 1. The van der Waals surface area contributed by atoms with Crippen LogP contribution < -0.4 is 11.0 Å². The number of benzene rings is 2. The summed E-state index contributed by atoms with van der Waals surface area (Å²) in [7, 11) is 0. The number of hydrogen-bond acceptors (Lipinski definition) is 5. The predicted octanol–water partition coefficient (Wildman–Crippen LogP) is 3.58. The van der Waals surface area contributed by atoms with Crippen molar-refractivity contribution in [2.24, 2.45) is 5.10 Å². The fourth-order valence-corrected chi connectivity index (χ4v) is 2.60. The molecule has 2 aromatic carbocycles. The Morgan fingerprint density at radius 2 is 1.88 bits per heavy atom. The van der Waals surface area contributed by atoms with Crippen molar-refractivity contribution in [3.63, 3.8) is 0 Å². The summed E-state index contributed by atoms with van der Waals surface area (Å²) in [5.41, 5.74) is 4.99. The number of nitrogens with zero attached hydrogens (tertiary/aromatic N) is 2. The second-order valence-corrected chi connectivity index (χ2v) is 5.98. The monoisotopic (exact) mass is 368 g/mol. The molecule has 0 saturated carbocycles. The van der Waals surface area contributed by atoms with E-state index in [-0.39, 0.29) is 10.8 Å². The molecule has 0 unspecified atom stereocenters. The lowest BCUT2D eigenvalue weighted by molar-refractivity contribution is 0.474. The Kier molecular flexibility index (Phi) is 5.66. The van der Waals surface area contributed by atoms with Crippen LogP contribution >= 0.6 is 11.6 Å². The van der Waals surface area contributed by atoms with E-state index in [1.54, 1.807) is 18.2 Å². The molecule has 0 aliphatic heterocycles. The molecule has 0 fully saturated rings. The Labute approximate surface area is 155 Å². The van der Waals surface area contributed by atoms with E-state index in [9.17, 15) is 9.90 Å². The first kappa shape index (κ1) is 17.7. The molecule has 0 bridgehead atoms. The van der Waals surface area contributed by atoms with Gasteiger partial charge in [0.25, 0.3) is 5.56 Å². The maximum absolute atomic E-state index is 11.5. The zero-order valence-corrected chi connectivity index (χ0v) is 14.6. The number of aromatic nitrogens is 2. The first-order valence-electron chi connectivity index (χ1n) is 8.03. The standard InChI is InChI=1S/C19H17ClN4O2/c20-18-16(12-21-24-19(18)26)23-22-15(14-8-4-5-9-17(14)25)11-10-13-6-2-1-3-7-13/h1-9,12,25H,10-11H2,(H2,23,24,26)/b22-15+. The van der Waals surface area contributed by atoms with Crippen molar-refractivity contribution in [3.8, 4) is 5.75 Å². The minimum atomic E-state index is -0.500. The Morgan fingerprint density at radius 1 is 1.15 bits per heavy atom. The van der Waals surface area contributed by atoms with Gasteiger partial charge in [-0.1, -0.05) is 54.1 Å². The van der Waals surface area contributed by atoms with Gasteiger partial charge >= 0.3 is 0 Å². The summed E-state index contributed by atoms with van der Waals surface area (Å²) in [6.07, 6.45) is 2.72. The van der Waals surface area contributed by atoms with Crippen molar-refractivity contribution in [2.75, 3.05) is 5.43 Å². The van der Waals surface area contributed by atoms with Crippen molar-refractivity contribution in [3.05, 3.63) is 87.3 Å². The number of phenols is 1. The van der Waals surface area contributed by atoms with Gasteiger partial charge in [0.1, 0.15) is 16.5 Å². The van der Waals surface area contributed by atoms with Gasteiger partial charge in [0, 0.05) is 5.56 Å². The molecule has 0 spiro atoms. The molecule has 0 saturated heterocycles. The third kappa shape index (κ3) is 4.29. The van der Waals surface area contributed by atoms with Gasteiger partial charge in [-0.25, -0.2) is 5.10 Å². The topological polar surface area (TPSA) is 90.4 Å². The van der Waals surface area contributed by atoms with Crippen molar-refractivity contribution in [2.45, 2.75) is 12.8 Å². The van der Waals surface area contributed by atoms with Crippen molar-refractivity contribution >= 4 is 23.0 Å². The molecule has 0 amide bonds. The zero-order chi connectivity index (χ0) is 18.4. The van der Waals surface area contributed by atoms with Crippen LogP contribution in [0.15, 0.2) is 70.7 Å². The Morgan fingerprint density at radius 3 is 2.65 bits per heavy atom. The van der Waals surface area contributed by atoms with E-state index in [4.69, 9.17) is 11.6 Å². The van der Waals surface area contributed by atoms with Gasteiger partial charge in [-0.15, -0.1) is 0 Å². The Balaban J connectivity index is 1.88. The number of nitrogens with one attached hydrogen (secondary N) is 2. The van der Waals surface area contributed by atoms with E-state index in [1.807, 2.05) is 36.4 Å². The van der Waals surface area contributed by atoms with Crippen LogP contribution in [0.2, 0.25) is 5.02 Å². The van der Waals surface area contributed by atoms with E-state index >= 15 is 0 Å². The molecule has 3 rings (SSSR count). The predicted molar refractivity (Wildman–Crippen MR) is 103 cm³/mol. The van der Waals surface area contributed by atoms with Crippen molar-refractivity contribution in [1.82, 2.24) is 10.2 Å². The maximum atomic E-state index is 11.5. The van der Waals surface area contributed by atoms with Crippen LogP contribution in [-0.2, 0) is 6.42 Å². The van der Waals surface area contributed by atoms with E-state index in [1.165, 1.54) is 6.20 Å². The molecule has 0 aliphatic rings. The average Bonchev–Trinajstić information content (AvgIpc) is 2.66. The number of rotatable bonds is 6. The molecule has 1 aromatic heterocycles. The number of aromatic amines is 1.